The lowest BCUT2D eigenvalue weighted by molar-refractivity contribution is -0.114. The van der Waals surface area contributed by atoms with Crippen molar-refractivity contribution in [2.45, 2.75) is 35.9 Å². The van der Waals surface area contributed by atoms with E-state index in [1.807, 2.05) is 24.5 Å². The second-order valence-corrected chi connectivity index (χ2v) is 9.45. The molecule has 3 heterocycles. The quantitative estimate of drug-likeness (QED) is 0.718. The van der Waals surface area contributed by atoms with Crippen molar-refractivity contribution in [2.24, 2.45) is 0 Å². The van der Waals surface area contributed by atoms with Gasteiger partial charge < -0.3 is 9.47 Å². The topological polar surface area (TPSA) is 72.0 Å². The molecule has 0 unspecified atom stereocenters. The van der Waals surface area contributed by atoms with Crippen LogP contribution in [-0.4, -0.2) is 68.6 Å². The summed E-state index contributed by atoms with van der Waals surface area (Å²) >= 11 is 0. The molecule has 2 fully saturated rings. The van der Waals surface area contributed by atoms with E-state index in [9.17, 15) is 8.42 Å². The van der Waals surface area contributed by atoms with E-state index >= 15 is 0 Å². The lowest BCUT2D eigenvalue weighted by atomic mass is 9.87. The Labute approximate surface area is 172 Å². The highest BCUT2D eigenvalue weighted by Crippen LogP contribution is 2.39. The summed E-state index contributed by atoms with van der Waals surface area (Å²) in [7, 11) is -0.224. The number of nitrogens with zero attached hydrogens (tertiary/aromatic N) is 3. The Bertz CT molecular complexity index is 930. The summed E-state index contributed by atoms with van der Waals surface area (Å²) in [6.45, 7) is 1.90. The molecule has 0 bridgehead atoms. The van der Waals surface area contributed by atoms with Gasteiger partial charge in [-0.3, -0.25) is 9.88 Å². The van der Waals surface area contributed by atoms with E-state index in [-0.39, 0.29) is 17.0 Å². The molecule has 2 aromatic rings. The summed E-state index contributed by atoms with van der Waals surface area (Å²) in [4.78, 5) is 6.84. The predicted molar refractivity (Wildman–Crippen MR) is 109 cm³/mol. The Balaban J connectivity index is 1.44. The van der Waals surface area contributed by atoms with Crippen molar-refractivity contribution >= 4 is 10.0 Å². The van der Waals surface area contributed by atoms with Crippen LogP contribution in [0.1, 0.15) is 24.4 Å². The van der Waals surface area contributed by atoms with Crippen LogP contribution in [0, 0.1) is 0 Å². The van der Waals surface area contributed by atoms with Crippen LogP contribution in [0.25, 0.3) is 0 Å². The zero-order valence-corrected chi connectivity index (χ0v) is 17.6. The summed E-state index contributed by atoms with van der Waals surface area (Å²) in [5.74, 6) is 0.548. The predicted octanol–water partition coefficient (Wildman–Crippen LogP) is 2.32. The smallest absolute Gasteiger partial charge is 0.243 e. The summed E-state index contributed by atoms with van der Waals surface area (Å²) in [6.07, 6.45) is 5.39. The third kappa shape index (κ3) is 3.90. The van der Waals surface area contributed by atoms with Gasteiger partial charge in [-0.2, -0.15) is 4.31 Å². The van der Waals surface area contributed by atoms with Gasteiger partial charge in [-0.05, 0) is 42.7 Å². The first-order valence-corrected chi connectivity index (χ1v) is 11.3. The highest BCUT2D eigenvalue weighted by molar-refractivity contribution is 7.89. The lowest BCUT2D eigenvalue weighted by Gasteiger charge is -2.52. The highest BCUT2D eigenvalue weighted by atomic mass is 32.2. The fourth-order valence-corrected chi connectivity index (χ4v) is 5.87. The number of pyridine rings is 1. The first-order valence-electron chi connectivity index (χ1n) is 9.87. The molecule has 0 spiro atoms. The van der Waals surface area contributed by atoms with E-state index in [4.69, 9.17) is 9.47 Å². The Morgan fingerprint density at radius 2 is 1.79 bits per heavy atom. The first kappa shape index (κ1) is 20.3. The molecule has 0 saturated carbocycles. The van der Waals surface area contributed by atoms with Crippen molar-refractivity contribution < 1.29 is 17.9 Å². The number of likely N-dealkylation sites (tertiary alicyclic amines) is 1. The van der Waals surface area contributed by atoms with E-state index in [0.29, 0.717) is 24.9 Å². The largest absolute Gasteiger partial charge is 0.497 e. The molecule has 0 radical (unpaired) electrons. The maximum atomic E-state index is 13.0. The van der Waals surface area contributed by atoms with Gasteiger partial charge >= 0.3 is 0 Å². The minimum atomic E-state index is -3.51. The van der Waals surface area contributed by atoms with Crippen LogP contribution < -0.4 is 4.74 Å². The minimum absolute atomic E-state index is 0.163. The zero-order chi connectivity index (χ0) is 20.4. The van der Waals surface area contributed by atoms with Gasteiger partial charge in [-0.1, -0.05) is 6.07 Å². The number of benzene rings is 1. The molecule has 4 rings (SSSR count). The van der Waals surface area contributed by atoms with E-state index in [2.05, 4.69) is 9.88 Å². The van der Waals surface area contributed by atoms with Gasteiger partial charge in [0, 0.05) is 51.2 Å². The Kier molecular flexibility index (Phi) is 5.87. The molecule has 7 nitrogen and oxygen atoms in total. The standard InChI is InChI=1S/C21H27N3O4S/c1-27-18-4-3-5-19(14-18)29(25,26)23-12-8-17(9-13-23)24-15-20(28-2)21(24)16-6-10-22-11-7-16/h3-7,10-11,14,17,20-21H,8-9,12-13,15H2,1-2H3/t20-,21-/m0/s1. The van der Waals surface area contributed by atoms with Crippen molar-refractivity contribution in [1.29, 1.82) is 0 Å². The van der Waals surface area contributed by atoms with Crippen LogP contribution in [-0.2, 0) is 14.8 Å². The number of hydrogen-bond donors (Lipinski definition) is 0. The third-order valence-corrected chi connectivity index (χ3v) is 7.92. The van der Waals surface area contributed by atoms with Crippen LogP contribution in [0.3, 0.4) is 0 Å². The molecule has 1 aromatic carbocycles. The molecule has 2 saturated heterocycles. The molecule has 0 N–H and O–H groups in total. The van der Waals surface area contributed by atoms with Gasteiger partial charge in [-0.15, -0.1) is 0 Å². The molecule has 8 heteroatoms. The van der Waals surface area contributed by atoms with Gasteiger partial charge in [0.2, 0.25) is 10.0 Å². The molecule has 0 aliphatic carbocycles. The van der Waals surface area contributed by atoms with Gasteiger partial charge in [-0.25, -0.2) is 8.42 Å². The number of piperidine rings is 1. The van der Waals surface area contributed by atoms with Gasteiger partial charge in [0.25, 0.3) is 0 Å². The number of methoxy groups -OCH3 is 2. The fourth-order valence-electron chi connectivity index (χ4n) is 4.37. The Hall–Kier alpha value is -2.00. The van der Waals surface area contributed by atoms with E-state index in [1.165, 1.54) is 12.7 Å². The summed E-state index contributed by atoms with van der Waals surface area (Å²) in [6, 6.07) is 11.3. The highest BCUT2D eigenvalue weighted by Gasteiger charge is 2.45. The monoisotopic (exact) mass is 417 g/mol. The summed E-state index contributed by atoms with van der Waals surface area (Å²) < 4.78 is 38.5. The molecular formula is C21H27N3O4S. The van der Waals surface area contributed by atoms with Crippen molar-refractivity contribution in [3.8, 4) is 5.75 Å². The lowest BCUT2D eigenvalue weighted by Crippen LogP contribution is -2.60. The molecule has 2 aliphatic heterocycles. The second kappa shape index (κ2) is 8.39. The first-order chi connectivity index (χ1) is 14.0. The average Bonchev–Trinajstić information content (AvgIpc) is 2.74. The molecule has 2 aliphatic rings. The molecule has 1 aromatic heterocycles. The Morgan fingerprint density at radius 3 is 2.45 bits per heavy atom. The summed E-state index contributed by atoms with van der Waals surface area (Å²) in [5, 5.41) is 0. The summed E-state index contributed by atoms with van der Waals surface area (Å²) in [5.41, 5.74) is 1.20. The molecule has 0 amide bonds. The normalized spacial score (nSPS) is 24.2. The van der Waals surface area contributed by atoms with Crippen molar-refractivity contribution in [2.75, 3.05) is 33.9 Å². The van der Waals surface area contributed by atoms with Crippen LogP contribution in [0.15, 0.2) is 53.7 Å². The van der Waals surface area contributed by atoms with E-state index < -0.39 is 10.0 Å². The number of aromatic nitrogens is 1. The Morgan fingerprint density at radius 1 is 1.07 bits per heavy atom. The number of ether oxygens (including phenoxy) is 2. The van der Waals surface area contributed by atoms with Gasteiger partial charge in [0.15, 0.2) is 0 Å². The SMILES string of the molecule is COc1cccc(S(=O)(=O)N2CCC(N3C[C@H](OC)[C@@H]3c3ccncc3)CC2)c1. The zero-order valence-electron chi connectivity index (χ0n) is 16.8. The number of rotatable bonds is 6. The van der Waals surface area contributed by atoms with Crippen LogP contribution in [0.2, 0.25) is 0 Å². The van der Waals surface area contributed by atoms with E-state index in [1.54, 1.807) is 35.7 Å². The van der Waals surface area contributed by atoms with Crippen molar-refractivity contribution in [3.63, 3.8) is 0 Å². The molecule has 29 heavy (non-hydrogen) atoms. The van der Waals surface area contributed by atoms with Crippen LogP contribution >= 0.6 is 0 Å². The van der Waals surface area contributed by atoms with Crippen molar-refractivity contribution in [3.05, 3.63) is 54.4 Å². The second-order valence-electron chi connectivity index (χ2n) is 7.51. The van der Waals surface area contributed by atoms with Gasteiger partial charge in [0.1, 0.15) is 5.75 Å². The average molecular weight is 418 g/mol. The maximum absolute atomic E-state index is 13.0. The number of sulfonamides is 1. The van der Waals surface area contributed by atoms with Gasteiger partial charge in [0.05, 0.1) is 24.2 Å². The minimum Gasteiger partial charge on any atom is -0.497 e. The van der Waals surface area contributed by atoms with E-state index in [0.717, 1.165) is 19.4 Å². The fraction of sp³-hybridized carbons (Fsp3) is 0.476. The number of hydrogen-bond acceptors (Lipinski definition) is 6. The molecular weight excluding hydrogens is 390 g/mol. The van der Waals surface area contributed by atoms with Crippen LogP contribution in [0.5, 0.6) is 5.75 Å². The maximum Gasteiger partial charge on any atom is 0.243 e. The third-order valence-electron chi connectivity index (χ3n) is 6.02. The van der Waals surface area contributed by atoms with Crippen molar-refractivity contribution in [1.82, 2.24) is 14.2 Å². The van der Waals surface area contributed by atoms with Crippen LogP contribution in [0.4, 0.5) is 0 Å². The molecule has 2 atom stereocenters. The molecule has 156 valence electrons.